The second kappa shape index (κ2) is 7.81. The molecule has 0 radical (unpaired) electrons. The number of carbonyl (C=O) groups excluding carboxylic acids is 2. The topological polar surface area (TPSA) is 59.0 Å². The smallest absolute Gasteiger partial charge is 0.316 e. The fourth-order valence-corrected chi connectivity index (χ4v) is 2.90. The third-order valence-electron chi connectivity index (χ3n) is 3.90. The summed E-state index contributed by atoms with van der Waals surface area (Å²) in [5.41, 5.74) is -0.0664. The van der Waals surface area contributed by atoms with E-state index in [0.717, 1.165) is 12.1 Å². The normalized spacial score (nSPS) is 15.1. The second-order valence-corrected chi connectivity index (χ2v) is 6.49. The summed E-state index contributed by atoms with van der Waals surface area (Å²) in [6.07, 6.45) is -4.50. The molecule has 1 aliphatic rings. The van der Waals surface area contributed by atoms with Gasteiger partial charge < -0.3 is 9.74 Å². The maximum Gasteiger partial charge on any atom is 0.416 e. The van der Waals surface area contributed by atoms with Crippen molar-refractivity contribution < 1.29 is 27.6 Å². The van der Waals surface area contributed by atoms with Gasteiger partial charge in [-0.15, -0.1) is 11.6 Å². The van der Waals surface area contributed by atoms with Gasteiger partial charge in [-0.05, 0) is 35.9 Å². The predicted molar refractivity (Wildman–Crippen MR) is 97.4 cm³/mol. The zero-order chi connectivity index (χ0) is 20.5. The molecule has 1 heterocycles. The van der Waals surface area contributed by atoms with Gasteiger partial charge in [0, 0.05) is 10.6 Å². The molecule has 0 aromatic heterocycles. The Morgan fingerprint density at radius 3 is 2.61 bits per heavy atom. The molecule has 2 aromatic carbocycles. The first kappa shape index (κ1) is 20.2. The van der Waals surface area contributed by atoms with Gasteiger partial charge in [-0.1, -0.05) is 28.9 Å². The molecule has 0 unspecified atom stereocenters. The van der Waals surface area contributed by atoms with E-state index in [1.54, 1.807) is 0 Å². The van der Waals surface area contributed by atoms with Gasteiger partial charge in [-0.3, -0.25) is 4.79 Å². The lowest BCUT2D eigenvalue weighted by Gasteiger charge is -2.18. The summed E-state index contributed by atoms with van der Waals surface area (Å²) in [7, 11) is 0. The molecule has 146 valence electrons. The number of rotatable bonds is 4. The number of alkyl halides is 4. The number of amides is 1. The van der Waals surface area contributed by atoms with E-state index in [1.807, 2.05) is 0 Å². The molecule has 28 heavy (non-hydrogen) atoms. The maximum atomic E-state index is 12.9. The van der Waals surface area contributed by atoms with E-state index in [9.17, 15) is 22.8 Å². The molecule has 0 N–H and O–H groups in total. The van der Waals surface area contributed by atoms with Crippen molar-refractivity contribution in [3.63, 3.8) is 0 Å². The van der Waals surface area contributed by atoms with Gasteiger partial charge in [0.2, 0.25) is 0 Å². The van der Waals surface area contributed by atoms with E-state index in [1.165, 1.54) is 35.2 Å². The van der Waals surface area contributed by atoms with Gasteiger partial charge in [-0.25, -0.2) is 4.79 Å². The second-order valence-electron chi connectivity index (χ2n) is 5.79. The van der Waals surface area contributed by atoms with Crippen LogP contribution in [0, 0.1) is 0 Å². The largest absolute Gasteiger partial charge is 0.416 e. The van der Waals surface area contributed by atoms with Gasteiger partial charge in [0.25, 0.3) is 5.91 Å². The minimum absolute atomic E-state index is 0.139. The van der Waals surface area contributed by atoms with Crippen molar-refractivity contribution >= 4 is 46.5 Å². The highest BCUT2D eigenvalue weighted by Crippen LogP contribution is 2.34. The van der Waals surface area contributed by atoms with Crippen LogP contribution in [-0.2, 0) is 27.1 Å². The summed E-state index contributed by atoms with van der Waals surface area (Å²) < 4.78 is 38.8. The number of fused-ring (bicyclic) bond motifs is 1. The average Bonchev–Trinajstić information content (AvgIpc) is 2.90. The average molecular weight is 431 g/mol. The molecule has 1 amide bonds. The number of benzene rings is 2. The van der Waals surface area contributed by atoms with Crippen LogP contribution in [0.2, 0.25) is 5.02 Å². The lowest BCUT2D eigenvalue weighted by molar-refractivity contribution is -0.140. The highest BCUT2D eigenvalue weighted by molar-refractivity contribution is 6.54. The molecule has 0 fully saturated rings. The fourth-order valence-electron chi connectivity index (χ4n) is 2.68. The number of halogens is 5. The van der Waals surface area contributed by atoms with Crippen LogP contribution in [0.25, 0.3) is 0 Å². The first-order valence-corrected chi connectivity index (χ1v) is 8.73. The molecule has 0 atom stereocenters. The van der Waals surface area contributed by atoms with Crippen LogP contribution in [0.3, 0.4) is 0 Å². The zero-order valence-corrected chi connectivity index (χ0v) is 15.5. The van der Waals surface area contributed by atoms with E-state index < -0.39 is 29.5 Å². The Hall–Kier alpha value is -2.58. The number of hydrogen-bond donors (Lipinski definition) is 0. The van der Waals surface area contributed by atoms with Crippen molar-refractivity contribution in [1.29, 1.82) is 0 Å². The van der Waals surface area contributed by atoms with Crippen molar-refractivity contribution in [2.24, 2.45) is 5.16 Å². The third-order valence-corrected chi connectivity index (χ3v) is 4.35. The molecular formula is C18H11Cl2F3N2O3. The SMILES string of the molecule is O=C(CCl)O/N=C1\C(=O)N(Cc2cccc(C(F)(F)F)c2)c2ccc(Cl)cc21. The maximum absolute atomic E-state index is 12.9. The first-order chi connectivity index (χ1) is 13.2. The lowest BCUT2D eigenvalue weighted by atomic mass is 10.1. The van der Waals surface area contributed by atoms with Gasteiger partial charge in [0.1, 0.15) is 5.88 Å². The molecule has 1 aliphatic heterocycles. The summed E-state index contributed by atoms with van der Waals surface area (Å²) in [5, 5.41) is 3.87. The molecule has 2 aromatic rings. The van der Waals surface area contributed by atoms with Crippen LogP contribution in [0.4, 0.5) is 18.9 Å². The molecule has 3 rings (SSSR count). The predicted octanol–water partition coefficient (Wildman–Crippen LogP) is 4.39. The molecule has 5 nitrogen and oxygen atoms in total. The standard InChI is InChI=1S/C18H11Cl2F3N2O3/c19-8-15(26)28-24-16-13-7-12(20)4-5-14(13)25(17(16)27)9-10-2-1-3-11(6-10)18(21,22)23/h1-7H,8-9H2/b24-16-. The van der Waals surface area contributed by atoms with Gasteiger partial charge in [0.05, 0.1) is 17.8 Å². The van der Waals surface area contributed by atoms with Crippen LogP contribution in [-0.4, -0.2) is 23.5 Å². The number of carbonyl (C=O) groups is 2. The quantitative estimate of drug-likeness (QED) is 0.410. The van der Waals surface area contributed by atoms with Crippen molar-refractivity contribution in [3.05, 3.63) is 64.2 Å². The summed E-state index contributed by atoms with van der Waals surface area (Å²) in [4.78, 5) is 29.8. The summed E-state index contributed by atoms with van der Waals surface area (Å²) in [6, 6.07) is 9.16. The molecule has 0 saturated heterocycles. The fraction of sp³-hybridized carbons (Fsp3) is 0.167. The van der Waals surface area contributed by atoms with E-state index in [0.29, 0.717) is 16.3 Å². The Kier molecular flexibility index (Phi) is 5.62. The lowest BCUT2D eigenvalue weighted by Crippen LogP contribution is -2.30. The summed E-state index contributed by atoms with van der Waals surface area (Å²) in [5.74, 6) is -1.96. The highest BCUT2D eigenvalue weighted by atomic mass is 35.5. The van der Waals surface area contributed by atoms with E-state index in [2.05, 4.69) is 9.99 Å². The van der Waals surface area contributed by atoms with Crippen LogP contribution in [0.1, 0.15) is 16.7 Å². The number of oxime groups is 1. The Bertz CT molecular complexity index is 977. The van der Waals surface area contributed by atoms with Gasteiger partial charge >= 0.3 is 12.1 Å². The van der Waals surface area contributed by atoms with Crippen LogP contribution < -0.4 is 4.90 Å². The minimum atomic E-state index is -4.50. The highest BCUT2D eigenvalue weighted by Gasteiger charge is 2.36. The molecule has 10 heteroatoms. The summed E-state index contributed by atoms with van der Waals surface area (Å²) in [6.45, 7) is -0.139. The van der Waals surface area contributed by atoms with Crippen molar-refractivity contribution in [1.82, 2.24) is 0 Å². The monoisotopic (exact) mass is 430 g/mol. The number of nitrogens with zero attached hydrogens (tertiary/aromatic N) is 2. The Morgan fingerprint density at radius 2 is 1.93 bits per heavy atom. The Morgan fingerprint density at radius 1 is 1.18 bits per heavy atom. The molecule has 0 spiro atoms. The Labute approximate surface area is 167 Å². The van der Waals surface area contributed by atoms with E-state index in [-0.39, 0.29) is 17.8 Å². The van der Waals surface area contributed by atoms with E-state index in [4.69, 9.17) is 23.2 Å². The minimum Gasteiger partial charge on any atom is -0.316 e. The Balaban J connectivity index is 1.97. The molecular weight excluding hydrogens is 420 g/mol. The first-order valence-electron chi connectivity index (χ1n) is 7.82. The number of hydrogen-bond acceptors (Lipinski definition) is 4. The van der Waals surface area contributed by atoms with Crippen LogP contribution >= 0.6 is 23.2 Å². The third kappa shape index (κ3) is 4.13. The summed E-state index contributed by atoms with van der Waals surface area (Å²) >= 11 is 11.3. The molecule has 0 saturated carbocycles. The van der Waals surface area contributed by atoms with Crippen molar-refractivity contribution in [2.75, 3.05) is 10.8 Å². The van der Waals surface area contributed by atoms with Gasteiger partial charge in [0.15, 0.2) is 5.71 Å². The van der Waals surface area contributed by atoms with E-state index >= 15 is 0 Å². The number of anilines is 1. The van der Waals surface area contributed by atoms with Crippen LogP contribution in [0.15, 0.2) is 47.6 Å². The zero-order valence-electron chi connectivity index (χ0n) is 14.0. The van der Waals surface area contributed by atoms with Crippen molar-refractivity contribution in [2.45, 2.75) is 12.7 Å². The van der Waals surface area contributed by atoms with Gasteiger partial charge in [-0.2, -0.15) is 13.2 Å². The molecule has 0 bridgehead atoms. The van der Waals surface area contributed by atoms with Crippen LogP contribution in [0.5, 0.6) is 0 Å². The molecule has 0 aliphatic carbocycles. The van der Waals surface area contributed by atoms with Crippen molar-refractivity contribution in [3.8, 4) is 0 Å².